The average molecular weight is 173 g/mol. The molecule has 0 amide bonds. The Bertz CT molecular complexity index is 93.4. The summed E-state index contributed by atoms with van der Waals surface area (Å²) in [5, 5.41) is 0. The molecule has 0 heterocycles. The van der Waals surface area contributed by atoms with E-state index in [1.54, 1.807) is 6.92 Å². The topological polar surface area (TPSA) is 26.0 Å². The van der Waals surface area contributed by atoms with Gasteiger partial charge in [-0.2, -0.15) is 13.2 Å². The molecule has 5 heteroatoms. The lowest BCUT2D eigenvalue weighted by Crippen LogP contribution is -2.15. The van der Waals surface area contributed by atoms with Gasteiger partial charge in [-0.15, -0.1) is 0 Å². The van der Waals surface area contributed by atoms with Crippen molar-refractivity contribution in [3.63, 3.8) is 0 Å². The molecule has 0 aromatic carbocycles. The molecule has 1 unspecified atom stereocenters. The van der Waals surface area contributed by atoms with E-state index < -0.39 is 5.51 Å². The molecule has 1 nitrogen and oxygen atoms in total. The van der Waals surface area contributed by atoms with Crippen LogP contribution in [0.15, 0.2) is 0 Å². The van der Waals surface area contributed by atoms with Gasteiger partial charge in [0.1, 0.15) is 0 Å². The highest BCUT2D eigenvalue weighted by Gasteiger charge is 2.28. The fraction of sp³-hybridized carbons (Fsp3) is 1.00. The van der Waals surface area contributed by atoms with Crippen molar-refractivity contribution in [2.45, 2.75) is 12.4 Å². The zero-order chi connectivity index (χ0) is 8.20. The zero-order valence-corrected chi connectivity index (χ0v) is 6.43. The number of nitrogens with two attached hydrogens (primary N) is 1. The SMILES string of the molecule is CC(CN)CSC(F)(F)F. The van der Waals surface area contributed by atoms with Crippen molar-refractivity contribution in [3.05, 3.63) is 0 Å². The summed E-state index contributed by atoms with van der Waals surface area (Å²) >= 11 is -0.0138. The van der Waals surface area contributed by atoms with Gasteiger partial charge in [-0.05, 0) is 12.5 Å². The number of halogens is 3. The summed E-state index contributed by atoms with van der Waals surface area (Å²) in [5.74, 6) is -0.00775. The van der Waals surface area contributed by atoms with Crippen molar-refractivity contribution in [1.82, 2.24) is 0 Å². The Kier molecular flexibility index (Phi) is 4.12. The molecule has 0 saturated heterocycles. The Morgan fingerprint density at radius 3 is 2.30 bits per heavy atom. The molecule has 2 N–H and O–H groups in total. The second-order valence-electron chi connectivity index (χ2n) is 2.10. The number of hydrogen-bond donors (Lipinski definition) is 1. The van der Waals surface area contributed by atoms with Gasteiger partial charge in [0.05, 0.1) is 0 Å². The average Bonchev–Trinajstić information content (AvgIpc) is 1.81. The van der Waals surface area contributed by atoms with Crippen LogP contribution in [0.5, 0.6) is 0 Å². The van der Waals surface area contributed by atoms with Crippen LogP contribution in [0, 0.1) is 5.92 Å². The van der Waals surface area contributed by atoms with Crippen molar-refractivity contribution in [2.24, 2.45) is 11.7 Å². The van der Waals surface area contributed by atoms with Gasteiger partial charge < -0.3 is 5.73 Å². The number of hydrogen-bond acceptors (Lipinski definition) is 2. The van der Waals surface area contributed by atoms with Crippen molar-refractivity contribution < 1.29 is 13.2 Å². The summed E-state index contributed by atoms with van der Waals surface area (Å²) < 4.78 is 34.4. The summed E-state index contributed by atoms with van der Waals surface area (Å²) in [5.41, 5.74) is 1.01. The molecule has 0 aliphatic carbocycles. The monoisotopic (exact) mass is 173 g/mol. The molecule has 0 spiro atoms. The zero-order valence-electron chi connectivity index (χ0n) is 5.61. The summed E-state index contributed by atoms with van der Waals surface area (Å²) in [4.78, 5) is 0. The Labute approximate surface area is 62.2 Å². The number of rotatable bonds is 3. The summed E-state index contributed by atoms with van der Waals surface area (Å²) in [7, 11) is 0. The van der Waals surface area contributed by atoms with Gasteiger partial charge in [0, 0.05) is 5.75 Å². The van der Waals surface area contributed by atoms with Crippen molar-refractivity contribution in [3.8, 4) is 0 Å². The maximum Gasteiger partial charge on any atom is 0.441 e. The molecule has 0 saturated carbocycles. The van der Waals surface area contributed by atoms with Gasteiger partial charge in [-0.1, -0.05) is 18.7 Å². The fourth-order valence-electron chi connectivity index (χ4n) is 0.305. The maximum atomic E-state index is 11.5. The smallest absolute Gasteiger partial charge is 0.330 e. The molecule has 10 heavy (non-hydrogen) atoms. The van der Waals surface area contributed by atoms with Crippen LogP contribution in [-0.2, 0) is 0 Å². The third kappa shape index (κ3) is 6.22. The highest BCUT2D eigenvalue weighted by Crippen LogP contribution is 2.31. The Morgan fingerprint density at radius 2 is 2.00 bits per heavy atom. The number of alkyl halides is 3. The van der Waals surface area contributed by atoms with E-state index in [0.29, 0.717) is 6.54 Å². The van der Waals surface area contributed by atoms with Crippen LogP contribution in [0.2, 0.25) is 0 Å². The first-order valence-corrected chi connectivity index (χ1v) is 3.85. The Hall–Kier alpha value is 0.100. The standard InChI is InChI=1S/C5H10F3NS/c1-4(2-9)3-10-5(6,7)8/h4H,2-3,9H2,1H3. The van der Waals surface area contributed by atoms with Crippen LogP contribution < -0.4 is 5.73 Å². The van der Waals surface area contributed by atoms with E-state index in [0.717, 1.165) is 0 Å². The predicted octanol–water partition coefficient (Wildman–Crippen LogP) is 1.83. The van der Waals surface area contributed by atoms with E-state index >= 15 is 0 Å². The lowest BCUT2D eigenvalue weighted by atomic mass is 10.2. The first-order chi connectivity index (χ1) is 4.45. The molecule has 0 aliphatic heterocycles. The third-order valence-electron chi connectivity index (χ3n) is 0.934. The van der Waals surface area contributed by atoms with Crippen molar-refractivity contribution in [1.29, 1.82) is 0 Å². The van der Waals surface area contributed by atoms with Crippen LogP contribution in [0.3, 0.4) is 0 Å². The van der Waals surface area contributed by atoms with E-state index in [2.05, 4.69) is 0 Å². The minimum atomic E-state index is -4.11. The summed E-state index contributed by atoms with van der Waals surface area (Å²) in [6.07, 6.45) is 0. The molecule has 0 bridgehead atoms. The van der Waals surface area contributed by atoms with E-state index in [1.807, 2.05) is 0 Å². The van der Waals surface area contributed by atoms with Gasteiger partial charge >= 0.3 is 5.51 Å². The van der Waals surface area contributed by atoms with Gasteiger partial charge in [-0.3, -0.25) is 0 Å². The van der Waals surface area contributed by atoms with Crippen LogP contribution in [-0.4, -0.2) is 17.8 Å². The first-order valence-electron chi connectivity index (χ1n) is 2.86. The lowest BCUT2D eigenvalue weighted by Gasteiger charge is -2.09. The molecular formula is C5H10F3NS. The minimum Gasteiger partial charge on any atom is -0.330 e. The second-order valence-corrected chi connectivity index (χ2v) is 3.18. The highest BCUT2D eigenvalue weighted by atomic mass is 32.2. The molecule has 0 fully saturated rings. The highest BCUT2D eigenvalue weighted by molar-refractivity contribution is 8.00. The van der Waals surface area contributed by atoms with E-state index in [9.17, 15) is 13.2 Å². The van der Waals surface area contributed by atoms with E-state index in [-0.39, 0.29) is 23.4 Å². The molecular weight excluding hydrogens is 163 g/mol. The lowest BCUT2D eigenvalue weighted by molar-refractivity contribution is -0.0329. The third-order valence-corrected chi connectivity index (χ3v) is 2.00. The van der Waals surface area contributed by atoms with Gasteiger partial charge in [0.25, 0.3) is 0 Å². The predicted molar refractivity (Wildman–Crippen MR) is 36.7 cm³/mol. The Balaban J connectivity index is 3.36. The molecule has 62 valence electrons. The molecule has 0 radical (unpaired) electrons. The largest absolute Gasteiger partial charge is 0.441 e. The second kappa shape index (κ2) is 4.08. The van der Waals surface area contributed by atoms with E-state index in [4.69, 9.17) is 5.73 Å². The fourth-order valence-corrected chi connectivity index (χ4v) is 0.914. The van der Waals surface area contributed by atoms with Crippen LogP contribution in [0.4, 0.5) is 13.2 Å². The van der Waals surface area contributed by atoms with Crippen LogP contribution >= 0.6 is 11.8 Å². The molecule has 0 aromatic heterocycles. The Morgan fingerprint density at radius 1 is 1.50 bits per heavy atom. The van der Waals surface area contributed by atoms with Gasteiger partial charge in [0.2, 0.25) is 0 Å². The molecule has 1 atom stereocenters. The molecule has 0 aliphatic rings. The molecule has 0 rings (SSSR count). The quantitative estimate of drug-likeness (QED) is 0.704. The minimum absolute atomic E-state index is 0.0138. The van der Waals surface area contributed by atoms with Crippen molar-refractivity contribution in [2.75, 3.05) is 12.3 Å². The molecule has 0 aromatic rings. The van der Waals surface area contributed by atoms with Gasteiger partial charge in [-0.25, -0.2) is 0 Å². The van der Waals surface area contributed by atoms with Gasteiger partial charge in [0.15, 0.2) is 0 Å². The summed E-state index contributed by atoms with van der Waals surface area (Å²) in [6, 6.07) is 0. The normalized spacial score (nSPS) is 15.3. The van der Waals surface area contributed by atoms with Crippen molar-refractivity contribution >= 4 is 11.8 Å². The van der Waals surface area contributed by atoms with E-state index in [1.165, 1.54) is 0 Å². The number of thioether (sulfide) groups is 1. The first kappa shape index (κ1) is 10.1. The maximum absolute atomic E-state index is 11.5. The summed E-state index contributed by atoms with van der Waals surface area (Å²) in [6.45, 7) is 2.00. The van der Waals surface area contributed by atoms with Crippen LogP contribution in [0.25, 0.3) is 0 Å². The van der Waals surface area contributed by atoms with Crippen LogP contribution in [0.1, 0.15) is 6.92 Å².